The molecule has 0 fully saturated rings. The van der Waals surface area contributed by atoms with E-state index < -0.39 is 0 Å². The molecule has 0 amide bonds. The molecule has 1 aliphatic rings. The Morgan fingerprint density at radius 3 is 2.34 bits per heavy atom. The minimum absolute atomic E-state index is 0.150. The van der Waals surface area contributed by atoms with Crippen molar-refractivity contribution in [3.63, 3.8) is 0 Å². The van der Waals surface area contributed by atoms with Gasteiger partial charge in [-0.1, -0.05) is 58.5 Å². The predicted molar refractivity (Wildman–Crippen MR) is 117 cm³/mol. The SMILES string of the molecule is O=C1/C(=C/c2c(Cl)cccc2Cl)Oc2cc(OCc3ccc(Cl)c(Cl)c3)ccc21. The van der Waals surface area contributed by atoms with Gasteiger partial charge in [-0.15, -0.1) is 0 Å². The van der Waals surface area contributed by atoms with E-state index in [0.717, 1.165) is 5.56 Å². The zero-order valence-corrected chi connectivity index (χ0v) is 17.7. The summed E-state index contributed by atoms with van der Waals surface area (Å²) in [6.45, 7) is 0.293. The lowest BCUT2D eigenvalue weighted by atomic mass is 10.1. The Morgan fingerprint density at radius 2 is 1.62 bits per heavy atom. The summed E-state index contributed by atoms with van der Waals surface area (Å²) in [6.07, 6.45) is 1.54. The van der Waals surface area contributed by atoms with Crippen LogP contribution in [0.1, 0.15) is 21.5 Å². The fraction of sp³-hybridized carbons (Fsp3) is 0.0455. The van der Waals surface area contributed by atoms with Crippen molar-refractivity contribution in [3.8, 4) is 11.5 Å². The van der Waals surface area contributed by atoms with Gasteiger partial charge in [0.25, 0.3) is 0 Å². The number of allylic oxidation sites excluding steroid dienone is 1. The monoisotopic (exact) mass is 464 g/mol. The highest BCUT2D eigenvalue weighted by Crippen LogP contribution is 2.36. The molecule has 146 valence electrons. The van der Waals surface area contributed by atoms with E-state index in [0.29, 0.717) is 49.3 Å². The molecule has 0 atom stereocenters. The molecule has 0 unspecified atom stereocenters. The number of benzene rings is 3. The first-order chi connectivity index (χ1) is 13.9. The van der Waals surface area contributed by atoms with Crippen molar-refractivity contribution < 1.29 is 14.3 Å². The molecular formula is C22H12Cl4O3. The fourth-order valence-electron chi connectivity index (χ4n) is 2.83. The summed E-state index contributed by atoms with van der Waals surface area (Å²) in [5.41, 5.74) is 1.84. The zero-order valence-electron chi connectivity index (χ0n) is 14.7. The molecule has 7 heteroatoms. The number of hydrogen-bond donors (Lipinski definition) is 0. The maximum absolute atomic E-state index is 12.6. The number of Topliss-reactive ketones (excluding diaryl/α,β-unsaturated/α-hetero) is 1. The molecule has 4 rings (SSSR count). The average Bonchev–Trinajstić information content (AvgIpc) is 3.01. The Bertz CT molecular complexity index is 1130. The van der Waals surface area contributed by atoms with Crippen LogP contribution in [-0.4, -0.2) is 5.78 Å². The summed E-state index contributed by atoms with van der Waals surface area (Å²) in [6, 6.07) is 15.4. The van der Waals surface area contributed by atoms with Crippen LogP contribution in [0.4, 0.5) is 0 Å². The smallest absolute Gasteiger partial charge is 0.231 e. The molecule has 0 spiro atoms. The number of fused-ring (bicyclic) bond motifs is 1. The number of carbonyl (C=O) groups excluding carboxylic acids is 1. The van der Waals surface area contributed by atoms with Crippen molar-refractivity contribution in [3.05, 3.63) is 97.1 Å². The number of ether oxygens (including phenoxy) is 2. The van der Waals surface area contributed by atoms with Gasteiger partial charge in [0.05, 0.1) is 15.6 Å². The van der Waals surface area contributed by atoms with Crippen LogP contribution < -0.4 is 9.47 Å². The van der Waals surface area contributed by atoms with E-state index in [9.17, 15) is 4.79 Å². The lowest BCUT2D eigenvalue weighted by Gasteiger charge is -2.08. The first-order valence-electron chi connectivity index (χ1n) is 8.51. The third-order valence-corrected chi connectivity index (χ3v) is 5.70. The van der Waals surface area contributed by atoms with Crippen LogP contribution in [0.2, 0.25) is 20.1 Å². The summed E-state index contributed by atoms with van der Waals surface area (Å²) < 4.78 is 11.5. The van der Waals surface area contributed by atoms with E-state index in [1.807, 2.05) is 6.07 Å². The van der Waals surface area contributed by atoms with Gasteiger partial charge in [0.1, 0.15) is 18.1 Å². The van der Waals surface area contributed by atoms with Crippen LogP contribution in [0, 0.1) is 0 Å². The number of hydrogen-bond acceptors (Lipinski definition) is 3. The summed E-state index contributed by atoms with van der Waals surface area (Å²) in [7, 11) is 0. The molecule has 1 aliphatic heterocycles. The maximum Gasteiger partial charge on any atom is 0.231 e. The van der Waals surface area contributed by atoms with Crippen LogP contribution in [-0.2, 0) is 6.61 Å². The summed E-state index contributed by atoms with van der Waals surface area (Å²) in [5.74, 6) is 0.874. The highest BCUT2D eigenvalue weighted by molar-refractivity contribution is 6.42. The van der Waals surface area contributed by atoms with E-state index in [4.69, 9.17) is 55.9 Å². The Hall–Kier alpha value is -2.17. The summed E-state index contributed by atoms with van der Waals surface area (Å²) >= 11 is 24.3. The lowest BCUT2D eigenvalue weighted by molar-refractivity contribution is 0.101. The quantitative estimate of drug-likeness (QED) is 0.374. The van der Waals surface area contributed by atoms with Crippen molar-refractivity contribution in [2.75, 3.05) is 0 Å². The zero-order chi connectivity index (χ0) is 20.5. The topological polar surface area (TPSA) is 35.5 Å². The van der Waals surface area contributed by atoms with Crippen molar-refractivity contribution in [2.45, 2.75) is 6.61 Å². The van der Waals surface area contributed by atoms with Gasteiger partial charge in [-0.2, -0.15) is 0 Å². The predicted octanol–water partition coefficient (Wildman–Crippen LogP) is 7.50. The number of rotatable bonds is 4. The van der Waals surface area contributed by atoms with E-state index in [-0.39, 0.29) is 11.5 Å². The maximum atomic E-state index is 12.6. The van der Waals surface area contributed by atoms with Gasteiger partial charge in [0.15, 0.2) is 5.76 Å². The molecule has 0 aromatic heterocycles. The Labute approximate surface area is 187 Å². The van der Waals surface area contributed by atoms with Gasteiger partial charge in [-0.25, -0.2) is 0 Å². The molecular weight excluding hydrogens is 454 g/mol. The summed E-state index contributed by atoms with van der Waals surface area (Å²) in [5, 5.41) is 1.81. The van der Waals surface area contributed by atoms with E-state index >= 15 is 0 Å². The normalized spacial score (nSPS) is 14.1. The average molecular weight is 466 g/mol. The molecule has 0 saturated heterocycles. The second kappa shape index (κ2) is 8.29. The third kappa shape index (κ3) is 4.24. The Morgan fingerprint density at radius 1 is 0.862 bits per heavy atom. The van der Waals surface area contributed by atoms with Gasteiger partial charge < -0.3 is 9.47 Å². The van der Waals surface area contributed by atoms with Crippen LogP contribution in [0.5, 0.6) is 11.5 Å². The van der Waals surface area contributed by atoms with E-state index in [1.54, 1.807) is 54.6 Å². The minimum atomic E-state index is -0.244. The lowest BCUT2D eigenvalue weighted by Crippen LogP contribution is -1.98. The van der Waals surface area contributed by atoms with E-state index in [2.05, 4.69) is 0 Å². The number of halogens is 4. The molecule has 0 aliphatic carbocycles. The van der Waals surface area contributed by atoms with E-state index in [1.165, 1.54) is 0 Å². The molecule has 1 heterocycles. The molecule has 0 saturated carbocycles. The van der Waals surface area contributed by atoms with Crippen molar-refractivity contribution in [1.82, 2.24) is 0 Å². The fourth-order valence-corrected chi connectivity index (χ4v) is 3.66. The van der Waals surface area contributed by atoms with Gasteiger partial charge in [-0.3, -0.25) is 4.79 Å². The first-order valence-corrected chi connectivity index (χ1v) is 10.0. The third-order valence-electron chi connectivity index (χ3n) is 4.31. The highest BCUT2D eigenvalue weighted by atomic mass is 35.5. The van der Waals surface area contributed by atoms with Gasteiger partial charge >= 0.3 is 0 Å². The van der Waals surface area contributed by atoms with Crippen molar-refractivity contribution in [2.24, 2.45) is 0 Å². The first kappa shape index (κ1) is 20.1. The standard InChI is InChI=1S/C22H12Cl4O3/c23-16-2-1-3-17(24)15(16)10-21-22(27)14-6-5-13(9-20(14)29-21)28-11-12-4-7-18(25)19(26)8-12/h1-10H,11H2/b21-10-. The Kier molecular flexibility index (Phi) is 5.75. The number of carbonyl (C=O) groups is 1. The molecule has 0 bridgehead atoms. The van der Waals surface area contributed by atoms with Gasteiger partial charge in [-0.05, 0) is 48.0 Å². The van der Waals surface area contributed by atoms with Crippen LogP contribution in [0.25, 0.3) is 6.08 Å². The molecule has 3 aromatic rings. The van der Waals surface area contributed by atoms with Crippen LogP contribution in [0.15, 0.2) is 60.4 Å². The molecule has 3 aromatic carbocycles. The second-order valence-electron chi connectivity index (χ2n) is 6.27. The molecule has 0 N–H and O–H groups in total. The Balaban J connectivity index is 1.54. The second-order valence-corrected chi connectivity index (χ2v) is 7.90. The summed E-state index contributed by atoms with van der Waals surface area (Å²) in [4.78, 5) is 12.6. The van der Waals surface area contributed by atoms with Crippen molar-refractivity contribution >= 4 is 58.3 Å². The number of ketones is 1. The molecule has 0 radical (unpaired) electrons. The minimum Gasteiger partial charge on any atom is -0.489 e. The van der Waals surface area contributed by atoms with Gasteiger partial charge in [0, 0.05) is 21.7 Å². The van der Waals surface area contributed by atoms with Gasteiger partial charge in [0.2, 0.25) is 5.78 Å². The van der Waals surface area contributed by atoms with Crippen molar-refractivity contribution in [1.29, 1.82) is 0 Å². The molecule has 29 heavy (non-hydrogen) atoms. The largest absolute Gasteiger partial charge is 0.489 e. The van der Waals surface area contributed by atoms with Crippen LogP contribution >= 0.6 is 46.4 Å². The highest BCUT2D eigenvalue weighted by Gasteiger charge is 2.28. The van der Waals surface area contributed by atoms with Crippen LogP contribution in [0.3, 0.4) is 0 Å². The molecule has 3 nitrogen and oxygen atoms in total.